The SMILES string of the molecule is Clc1ccc(-c2onc(-c3ccccc3)c2Br)cc1. The van der Waals surface area contributed by atoms with Gasteiger partial charge in [0.05, 0.1) is 4.47 Å². The molecule has 0 aliphatic rings. The zero-order chi connectivity index (χ0) is 13.2. The van der Waals surface area contributed by atoms with Gasteiger partial charge in [-0.3, -0.25) is 0 Å². The molecule has 0 saturated heterocycles. The maximum absolute atomic E-state index is 5.88. The molecule has 0 aliphatic heterocycles. The third-order valence-electron chi connectivity index (χ3n) is 2.79. The van der Waals surface area contributed by atoms with Gasteiger partial charge in [-0.2, -0.15) is 0 Å². The molecule has 3 rings (SSSR count). The fraction of sp³-hybridized carbons (Fsp3) is 0. The first-order chi connectivity index (χ1) is 9.25. The predicted molar refractivity (Wildman–Crippen MR) is 80.1 cm³/mol. The zero-order valence-electron chi connectivity index (χ0n) is 9.81. The quantitative estimate of drug-likeness (QED) is 0.625. The van der Waals surface area contributed by atoms with E-state index in [1.165, 1.54) is 0 Å². The molecule has 94 valence electrons. The average molecular weight is 335 g/mol. The van der Waals surface area contributed by atoms with E-state index in [0.717, 1.165) is 21.3 Å². The first kappa shape index (κ1) is 12.5. The van der Waals surface area contributed by atoms with E-state index in [2.05, 4.69) is 21.1 Å². The maximum atomic E-state index is 5.88. The Morgan fingerprint density at radius 3 is 2.26 bits per heavy atom. The van der Waals surface area contributed by atoms with Crippen molar-refractivity contribution in [3.8, 4) is 22.6 Å². The van der Waals surface area contributed by atoms with Crippen LogP contribution in [0.4, 0.5) is 0 Å². The summed E-state index contributed by atoms with van der Waals surface area (Å²) in [5.41, 5.74) is 2.75. The van der Waals surface area contributed by atoms with E-state index in [9.17, 15) is 0 Å². The molecule has 2 nitrogen and oxygen atoms in total. The van der Waals surface area contributed by atoms with Gasteiger partial charge in [0.25, 0.3) is 0 Å². The van der Waals surface area contributed by atoms with Crippen LogP contribution in [0.15, 0.2) is 63.6 Å². The molecule has 0 radical (unpaired) electrons. The van der Waals surface area contributed by atoms with Gasteiger partial charge in [0.15, 0.2) is 5.76 Å². The number of halogens is 2. The second-order valence-corrected chi connectivity index (χ2v) is 5.28. The zero-order valence-corrected chi connectivity index (χ0v) is 12.1. The molecule has 0 fully saturated rings. The minimum atomic E-state index is 0.697. The molecule has 0 spiro atoms. The molecule has 1 aromatic heterocycles. The maximum Gasteiger partial charge on any atom is 0.181 e. The van der Waals surface area contributed by atoms with Crippen molar-refractivity contribution in [2.45, 2.75) is 0 Å². The number of rotatable bonds is 2. The summed E-state index contributed by atoms with van der Waals surface area (Å²) in [5, 5.41) is 4.83. The highest BCUT2D eigenvalue weighted by molar-refractivity contribution is 9.10. The third-order valence-corrected chi connectivity index (χ3v) is 3.78. The Balaban J connectivity index is 2.06. The molecule has 4 heteroatoms. The Bertz CT molecular complexity index is 692. The lowest BCUT2D eigenvalue weighted by Gasteiger charge is -1.98. The number of benzene rings is 2. The molecule has 0 atom stereocenters. The van der Waals surface area contributed by atoms with Crippen molar-refractivity contribution in [3.05, 3.63) is 64.1 Å². The molecule has 3 aromatic rings. The Morgan fingerprint density at radius 1 is 0.895 bits per heavy atom. The fourth-order valence-corrected chi connectivity index (χ4v) is 2.56. The van der Waals surface area contributed by atoms with Crippen molar-refractivity contribution in [2.24, 2.45) is 0 Å². The van der Waals surface area contributed by atoms with Crippen molar-refractivity contribution in [2.75, 3.05) is 0 Å². The van der Waals surface area contributed by atoms with Gasteiger partial charge in [0, 0.05) is 16.1 Å². The monoisotopic (exact) mass is 333 g/mol. The Morgan fingerprint density at radius 2 is 1.58 bits per heavy atom. The minimum absolute atomic E-state index is 0.697. The highest BCUT2D eigenvalue weighted by Crippen LogP contribution is 2.36. The Labute approximate surface area is 124 Å². The second-order valence-electron chi connectivity index (χ2n) is 4.05. The van der Waals surface area contributed by atoms with Gasteiger partial charge in [0.2, 0.25) is 0 Å². The number of hydrogen-bond donors (Lipinski definition) is 0. The Kier molecular flexibility index (Phi) is 3.40. The van der Waals surface area contributed by atoms with E-state index in [4.69, 9.17) is 16.1 Å². The van der Waals surface area contributed by atoms with Crippen LogP contribution in [0.3, 0.4) is 0 Å². The van der Waals surface area contributed by atoms with Gasteiger partial charge in [-0.25, -0.2) is 0 Å². The van der Waals surface area contributed by atoms with Crippen molar-refractivity contribution in [3.63, 3.8) is 0 Å². The van der Waals surface area contributed by atoms with Crippen LogP contribution in [0, 0.1) is 0 Å². The second kappa shape index (κ2) is 5.19. The number of aromatic nitrogens is 1. The predicted octanol–water partition coefficient (Wildman–Crippen LogP) is 5.42. The standard InChI is InChI=1S/C15H9BrClNO/c16-13-14(10-4-2-1-3-5-10)18-19-15(13)11-6-8-12(17)9-7-11/h1-9H. The van der Waals surface area contributed by atoms with Gasteiger partial charge < -0.3 is 4.52 Å². The van der Waals surface area contributed by atoms with Crippen molar-refractivity contribution < 1.29 is 4.52 Å². The van der Waals surface area contributed by atoms with Gasteiger partial charge in [-0.05, 0) is 40.2 Å². The van der Waals surface area contributed by atoms with E-state index in [1.807, 2.05) is 54.6 Å². The van der Waals surface area contributed by atoms with E-state index < -0.39 is 0 Å². The van der Waals surface area contributed by atoms with Crippen LogP contribution in [-0.4, -0.2) is 5.16 Å². The molecule has 0 N–H and O–H groups in total. The molecule has 1 heterocycles. The van der Waals surface area contributed by atoms with Gasteiger partial charge in [-0.15, -0.1) is 0 Å². The summed E-state index contributed by atoms with van der Waals surface area (Å²) in [6.45, 7) is 0. The molecular formula is C15H9BrClNO. The van der Waals surface area contributed by atoms with Gasteiger partial charge >= 0.3 is 0 Å². The van der Waals surface area contributed by atoms with Crippen LogP contribution in [0.2, 0.25) is 5.02 Å². The lowest BCUT2D eigenvalue weighted by atomic mass is 10.1. The Hall–Kier alpha value is -1.58. The summed E-state index contributed by atoms with van der Waals surface area (Å²) in [6.07, 6.45) is 0. The molecule has 0 amide bonds. The van der Waals surface area contributed by atoms with Crippen LogP contribution in [0.1, 0.15) is 0 Å². The summed E-state index contributed by atoms with van der Waals surface area (Å²) >= 11 is 9.44. The summed E-state index contributed by atoms with van der Waals surface area (Å²) in [7, 11) is 0. The van der Waals surface area contributed by atoms with E-state index >= 15 is 0 Å². The summed E-state index contributed by atoms with van der Waals surface area (Å²) in [5.74, 6) is 0.704. The smallest absolute Gasteiger partial charge is 0.181 e. The van der Waals surface area contributed by atoms with Gasteiger partial charge in [0.1, 0.15) is 5.69 Å². The lowest BCUT2D eigenvalue weighted by Crippen LogP contribution is -1.78. The molecule has 19 heavy (non-hydrogen) atoms. The third kappa shape index (κ3) is 2.44. The van der Waals surface area contributed by atoms with Crippen LogP contribution in [0.25, 0.3) is 22.6 Å². The molecular weight excluding hydrogens is 326 g/mol. The van der Waals surface area contributed by atoms with Crippen molar-refractivity contribution in [1.29, 1.82) is 0 Å². The number of nitrogens with zero attached hydrogens (tertiary/aromatic N) is 1. The summed E-state index contributed by atoms with van der Waals surface area (Å²) in [6, 6.07) is 17.4. The topological polar surface area (TPSA) is 26.0 Å². The average Bonchev–Trinajstić information content (AvgIpc) is 2.83. The molecule has 0 unspecified atom stereocenters. The molecule has 0 aliphatic carbocycles. The van der Waals surface area contributed by atoms with Crippen LogP contribution >= 0.6 is 27.5 Å². The van der Waals surface area contributed by atoms with Gasteiger partial charge in [-0.1, -0.05) is 47.1 Å². The van der Waals surface area contributed by atoms with E-state index in [0.29, 0.717) is 10.8 Å². The molecule has 0 saturated carbocycles. The summed E-state index contributed by atoms with van der Waals surface area (Å²) < 4.78 is 6.28. The van der Waals surface area contributed by atoms with Crippen LogP contribution < -0.4 is 0 Å². The highest BCUT2D eigenvalue weighted by Gasteiger charge is 2.16. The van der Waals surface area contributed by atoms with Crippen molar-refractivity contribution >= 4 is 27.5 Å². The fourth-order valence-electron chi connectivity index (χ4n) is 1.84. The minimum Gasteiger partial charge on any atom is -0.354 e. The van der Waals surface area contributed by atoms with Crippen LogP contribution in [0.5, 0.6) is 0 Å². The van der Waals surface area contributed by atoms with E-state index in [1.54, 1.807) is 0 Å². The first-order valence-corrected chi connectivity index (χ1v) is 6.89. The largest absolute Gasteiger partial charge is 0.354 e. The van der Waals surface area contributed by atoms with E-state index in [-0.39, 0.29) is 0 Å². The lowest BCUT2D eigenvalue weighted by molar-refractivity contribution is 0.434. The molecule has 2 aromatic carbocycles. The normalized spacial score (nSPS) is 10.6. The van der Waals surface area contributed by atoms with Crippen LogP contribution in [-0.2, 0) is 0 Å². The molecule has 0 bridgehead atoms. The summed E-state index contributed by atoms with van der Waals surface area (Å²) in [4.78, 5) is 0. The first-order valence-electron chi connectivity index (χ1n) is 5.72. The highest BCUT2D eigenvalue weighted by atomic mass is 79.9. The number of hydrogen-bond acceptors (Lipinski definition) is 2. The van der Waals surface area contributed by atoms with Crippen molar-refractivity contribution in [1.82, 2.24) is 5.16 Å².